The van der Waals surface area contributed by atoms with Crippen LogP contribution in [0.5, 0.6) is 0 Å². The van der Waals surface area contributed by atoms with E-state index in [2.05, 4.69) is 195 Å². The molecule has 8 aromatic carbocycles. The van der Waals surface area contributed by atoms with Crippen molar-refractivity contribution in [2.75, 3.05) is 0 Å². The van der Waals surface area contributed by atoms with E-state index in [4.69, 9.17) is 9.97 Å². The summed E-state index contributed by atoms with van der Waals surface area (Å²) in [7, 11) is -2.19. The maximum Gasteiger partial charge on any atom is 0.160 e. The first-order valence-electron chi connectivity index (χ1n) is 18.3. The molecule has 250 valence electrons. The van der Waals surface area contributed by atoms with Gasteiger partial charge in [-0.05, 0) is 83.5 Å². The molecule has 2 nitrogen and oxygen atoms in total. The summed E-state index contributed by atoms with van der Waals surface area (Å²) in [6.45, 7) is 4.93. The fraction of sp³-hybridized carbons (Fsp3) is 0.0400. The summed E-state index contributed by atoms with van der Waals surface area (Å²) < 4.78 is 0. The smallest absolute Gasteiger partial charge is 0.160 e. The average Bonchev–Trinajstić information content (AvgIpc) is 3.44. The molecule has 10 rings (SSSR count). The van der Waals surface area contributed by atoms with Gasteiger partial charge in [-0.2, -0.15) is 0 Å². The van der Waals surface area contributed by atoms with Gasteiger partial charge in [-0.3, -0.25) is 0 Å². The second-order valence-electron chi connectivity index (χ2n) is 14.6. The lowest BCUT2D eigenvalue weighted by Gasteiger charge is -2.22. The third-order valence-electron chi connectivity index (χ3n) is 11.0. The first kappa shape index (κ1) is 31.3. The lowest BCUT2D eigenvalue weighted by Crippen LogP contribution is -2.50. The summed E-state index contributed by atoms with van der Waals surface area (Å²) >= 11 is 0. The first-order valence-corrected chi connectivity index (χ1v) is 21.3. The van der Waals surface area contributed by atoms with Gasteiger partial charge in [0.25, 0.3) is 0 Å². The highest BCUT2D eigenvalue weighted by atomic mass is 28.3. The van der Waals surface area contributed by atoms with E-state index in [1.54, 1.807) is 0 Å². The van der Waals surface area contributed by atoms with E-state index < -0.39 is 8.07 Å². The molecule has 0 saturated carbocycles. The molecule has 0 N–H and O–H groups in total. The first-order chi connectivity index (χ1) is 26.0. The van der Waals surface area contributed by atoms with Crippen LogP contribution in [0, 0.1) is 0 Å². The molecule has 2 heterocycles. The van der Waals surface area contributed by atoms with Gasteiger partial charge in [0.05, 0.1) is 11.4 Å². The zero-order valence-electron chi connectivity index (χ0n) is 29.7. The third-order valence-corrected chi connectivity index (χ3v) is 14.5. The summed E-state index contributed by atoms with van der Waals surface area (Å²) in [5, 5.41) is 7.71. The molecule has 0 atom stereocenters. The molecule has 3 heteroatoms. The van der Waals surface area contributed by atoms with E-state index in [-0.39, 0.29) is 0 Å². The molecule has 53 heavy (non-hydrogen) atoms. The van der Waals surface area contributed by atoms with Gasteiger partial charge in [-0.1, -0.05) is 177 Å². The Hall–Kier alpha value is -6.42. The van der Waals surface area contributed by atoms with Crippen LogP contribution in [0.2, 0.25) is 13.1 Å². The van der Waals surface area contributed by atoms with Gasteiger partial charge >= 0.3 is 0 Å². The SMILES string of the molecule is C[Si]1(C)c2cc3ccccc3cc2-c2nc(-c3cccc(-c4cccc(-c5ccc(-c6ccccc6)cc5)c4)c3)nc(-c3cccc4ccccc34)c21. The normalized spacial score (nSPS) is 12.9. The molecular formula is C50H36N2Si. The Kier molecular flexibility index (Phi) is 7.31. The topological polar surface area (TPSA) is 25.8 Å². The monoisotopic (exact) mass is 692 g/mol. The summed E-state index contributed by atoms with van der Waals surface area (Å²) in [5.41, 5.74) is 12.7. The van der Waals surface area contributed by atoms with Crippen LogP contribution < -0.4 is 10.4 Å². The van der Waals surface area contributed by atoms with Crippen LogP contribution in [0.25, 0.3) is 88.8 Å². The van der Waals surface area contributed by atoms with Crippen molar-refractivity contribution < 1.29 is 0 Å². The lowest BCUT2D eigenvalue weighted by molar-refractivity contribution is 1.20. The van der Waals surface area contributed by atoms with Crippen LogP contribution in [0.4, 0.5) is 0 Å². The standard InChI is InChI=1S/C50H36N2Si/c1-53(2)46-32-41-17-7-6-16-40(41)31-45(46)48-49(53)47(44-24-12-18-36-15-8-9-23-43(36)44)51-50(52-48)42-22-11-21-39(30-42)38-20-10-19-37(29-38)35-27-25-34(26-28-35)33-13-4-3-5-14-33/h3-32H,1-2H3. The number of nitrogens with zero attached hydrogens (tertiary/aromatic N) is 2. The molecule has 0 saturated heterocycles. The average molecular weight is 693 g/mol. The van der Waals surface area contributed by atoms with Crippen molar-refractivity contribution in [3.8, 4) is 67.3 Å². The minimum absolute atomic E-state index is 0.756. The second kappa shape index (κ2) is 12.4. The van der Waals surface area contributed by atoms with Crippen molar-refractivity contribution in [2.45, 2.75) is 13.1 Å². The minimum atomic E-state index is -2.19. The summed E-state index contributed by atoms with van der Waals surface area (Å²) in [5.74, 6) is 0.756. The number of fused-ring (bicyclic) bond motifs is 5. The number of hydrogen-bond donors (Lipinski definition) is 0. The molecule has 0 bridgehead atoms. The van der Waals surface area contributed by atoms with Crippen molar-refractivity contribution in [2.24, 2.45) is 0 Å². The fourth-order valence-corrected chi connectivity index (χ4v) is 11.5. The number of aromatic nitrogens is 2. The largest absolute Gasteiger partial charge is 0.228 e. The molecule has 1 aliphatic rings. The van der Waals surface area contributed by atoms with Gasteiger partial charge in [0.2, 0.25) is 0 Å². The Morgan fingerprint density at radius 2 is 0.830 bits per heavy atom. The maximum absolute atomic E-state index is 5.54. The molecule has 0 aliphatic carbocycles. The molecule has 0 amide bonds. The van der Waals surface area contributed by atoms with E-state index in [1.165, 1.54) is 65.3 Å². The van der Waals surface area contributed by atoms with Gasteiger partial charge < -0.3 is 0 Å². The van der Waals surface area contributed by atoms with Gasteiger partial charge in [0.15, 0.2) is 5.82 Å². The molecule has 9 aromatic rings. The fourth-order valence-electron chi connectivity index (χ4n) is 8.29. The summed E-state index contributed by atoms with van der Waals surface area (Å²) in [6.07, 6.45) is 0. The Morgan fingerprint density at radius 1 is 0.358 bits per heavy atom. The highest BCUT2D eigenvalue weighted by molar-refractivity contribution is 7.04. The van der Waals surface area contributed by atoms with Gasteiger partial charge in [0, 0.05) is 16.7 Å². The summed E-state index contributed by atoms with van der Waals surface area (Å²) in [6, 6.07) is 65.7. The lowest BCUT2D eigenvalue weighted by atomic mass is 9.96. The Bertz CT molecular complexity index is 2850. The van der Waals surface area contributed by atoms with E-state index in [9.17, 15) is 0 Å². The van der Waals surface area contributed by atoms with Crippen molar-refractivity contribution in [1.29, 1.82) is 0 Å². The molecule has 0 spiro atoms. The van der Waals surface area contributed by atoms with Crippen molar-refractivity contribution in [1.82, 2.24) is 9.97 Å². The highest BCUT2D eigenvalue weighted by Crippen LogP contribution is 2.38. The van der Waals surface area contributed by atoms with Crippen molar-refractivity contribution in [3.05, 3.63) is 182 Å². The van der Waals surface area contributed by atoms with E-state index in [0.29, 0.717) is 0 Å². The Morgan fingerprint density at radius 3 is 1.55 bits per heavy atom. The molecule has 0 unspecified atom stereocenters. The van der Waals surface area contributed by atoms with Crippen LogP contribution in [0.15, 0.2) is 182 Å². The minimum Gasteiger partial charge on any atom is -0.228 e. The molecule has 1 aliphatic heterocycles. The number of rotatable bonds is 5. The molecular weight excluding hydrogens is 657 g/mol. The van der Waals surface area contributed by atoms with E-state index in [1.807, 2.05) is 0 Å². The van der Waals surface area contributed by atoms with Crippen LogP contribution >= 0.6 is 0 Å². The van der Waals surface area contributed by atoms with Crippen LogP contribution in [-0.2, 0) is 0 Å². The zero-order valence-corrected chi connectivity index (χ0v) is 30.7. The van der Waals surface area contributed by atoms with E-state index >= 15 is 0 Å². The molecule has 0 radical (unpaired) electrons. The highest BCUT2D eigenvalue weighted by Gasteiger charge is 2.42. The van der Waals surface area contributed by atoms with E-state index in [0.717, 1.165) is 33.9 Å². The van der Waals surface area contributed by atoms with Crippen LogP contribution in [-0.4, -0.2) is 18.0 Å². The zero-order chi connectivity index (χ0) is 35.5. The predicted molar refractivity (Wildman–Crippen MR) is 226 cm³/mol. The Labute approximate surface area is 311 Å². The van der Waals surface area contributed by atoms with Crippen molar-refractivity contribution in [3.63, 3.8) is 0 Å². The quantitative estimate of drug-likeness (QED) is 0.168. The second-order valence-corrected chi connectivity index (χ2v) is 18.9. The van der Waals surface area contributed by atoms with Gasteiger partial charge in [-0.25, -0.2) is 9.97 Å². The number of hydrogen-bond acceptors (Lipinski definition) is 2. The molecule has 0 fully saturated rings. The summed E-state index contributed by atoms with van der Waals surface area (Å²) in [4.78, 5) is 11.0. The number of benzene rings is 8. The maximum atomic E-state index is 5.54. The third kappa shape index (κ3) is 5.32. The van der Waals surface area contributed by atoms with Gasteiger partial charge in [0.1, 0.15) is 8.07 Å². The van der Waals surface area contributed by atoms with Crippen molar-refractivity contribution >= 4 is 40.0 Å². The molecule has 1 aromatic heterocycles. The Balaban J connectivity index is 1.12. The predicted octanol–water partition coefficient (Wildman–Crippen LogP) is 11.9. The van der Waals surface area contributed by atoms with Crippen LogP contribution in [0.1, 0.15) is 0 Å². The van der Waals surface area contributed by atoms with Crippen LogP contribution in [0.3, 0.4) is 0 Å². The van der Waals surface area contributed by atoms with Gasteiger partial charge in [-0.15, -0.1) is 0 Å².